The van der Waals surface area contributed by atoms with Gasteiger partial charge in [0.05, 0.1) is 39.9 Å². The largest absolute Gasteiger partial charge is 0.756 e. The van der Waals surface area contributed by atoms with Crippen molar-refractivity contribution in [3.63, 3.8) is 0 Å². The number of carbonyl (C=O) groups is 1. The zero-order chi connectivity index (χ0) is 51.3. The number of likely N-dealkylation sites (N-methyl/N-ethyl adjacent to an activating group) is 1. The number of nitrogens with one attached hydrogen (secondary N) is 1. The van der Waals surface area contributed by atoms with Crippen molar-refractivity contribution in [3.05, 3.63) is 48.6 Å². The smallest absolute Gasteiger partial charge is 0.268 e. The van der Waals surface area contributed by atoms with Gasteiger partial charge in [0, 0.05) is 6.42 Å². The molecule has 0 saturated carbocycles. The first-order valence-electron chi connectivity index (χ1n) is 30.0. The lowest BCUT2D eigenvalue weighted by Crippen LogP contribution is -2.45. The van der Waals surface area contributed by atoms with Crippen molar-refractivity contribution >= 4 is 13.7 Å². The van der Waals surface area contributed by atoms with Crippen molar-refractivity contribution in [1.82, 2.24) is 5.32 Å². The highest BCUT2D eigenvalue weighted by atomic mass is 31.2. The Hall–Kier alpha value is -1.54. The Morgan fingerprint density at radius 1 is 0.500 bits per heavy atom. The summed E-state index contributed by atoms with van der Waals surface area (Å²) in [6, 6.07) is -0.901. The Kier molecular flexibility index (Phi) is 51.2. The molecule has 412 valence electrons. The van der Waals surface area contributed by atoms with E-state index >= 15 is 0 Å². The highest BCUT2D eigenvalue weighted by Crippen LogP contribution is 2.38. The molecule has 0 rings (SSSR count). The molecule has 0 radical (unpaired) electrons. The summed E-state index contributed by atoms with van der Waals surface area (Å²) in [7, 11) is 1.25. The van der Waals surface area contributed by atoms with Crippen LogP contribution in [0.2, 0.25) is 0 Å². The molecule has 70 heavy (non-hydrogen) atoms. The molecule has 0 aliphatic rings. The van der Waals surface area contributed by atoms with E-state index in [0.717, 1.165) is 44.9 Å². The number of hydrogen-bond donors (Lipinski definition) is 2. The molecule has 0 aromatic carbocycles. The Balaban J connectivity index is 3.96. The van der Waals surface area contributed by atoms with Gasteiger partial charge < -0.3 is 28.8 Å². The summed E-state index contributed by atoms with van der Waals surface area (Å²) in [4.78, 5) is 25.4. The van der Waals surface area contributed by atoms with Crippen LogP contribution in [0.15, 0.2) is 48.6 Å². The first kappa shape index (κ1) is 68.5. The van der Waals surface area contributed by atoms with E-state index in [9.17, 15) is 19.4 Å². The van der Waals surface area contributed by atoms with Crippen LogP contribution < -0.4 is 10.2 Å². The van der Waals surface area contributed by atoms with E-state index in [1.807, 2.05) is 27.2 Å². The molecule has 0 aliphatic heterocycles. The highest BCUT2D eigenvalue weighted by Gasteiger charge is 2.23. The van der Waals surface area contributed by atoms with E-state index in [1.165, 1.54) is 218 Å². The third-order valence-electron chi connectivity index (χ3n) is 13.5. The summed E-state index contributed by atoms with van der Waals surface area (Å²) in [5.74, 6) is -0.204. The molecule has 3 atom stereocenters. The number of carbonyl (C=O) groups excluding carboxylic acids is 1. The van der Waals surface area contributed by atoms with Crippen LogP contribution in [-0.4, -0.2) is 68.5 Å². The number of nitrogens with zero attached hydrogens (tertiary/aromatic N) is 1. The zero-order valence-electron chi connectivity index (χ0n) is 47.0. The molecule has 1 amide bonds. The quantitative estimate of drug-likeness (QED) is 0.0272. The van der Waals surface area contributed by atoms with E-state index in [0.29, 0.717) is 17.4 Å². The number of rotatable bonds is 55. The molecule has 8 nitrogen and oxygen atoms in total. The minimum atomic E-state index is -4.60. The average molecular weight is 1010 g/mol. The summed E-state index contributed by atoms with van der Waals surface area (Å²) in [6.07, 6.45) is 69.3. The first-order valence-corrected chi connectivity index (χ1v) is 31.5. The summed E-state index contributed by atoms with van der Waals surface area (Å²) >= 11 is 0. The maximum absolute atomic E-state index is 12.9. The Morgan fingerprint density at radius 3 is 1.24 bits per heavy atom. The molecule has 0 aliphatic carbocycles. The van der Waals surface area contributed by atoms with Crippen molar-refractivity contribution in [1.29, 1.82) is 0 Å². The standard InChI is InChI=1S/C61H117N2O6P/c1-6-8-10-12-14-16-18-20-21-22-23-24-25-26-27-28-29-30-31-32-33-34-35-36-37-38-39-40-41-43-45-47-49-51-53-55-61(65)62-59(58-69-70(66,67)68-57-56-63(3,4)5)60(64)54-52-50-48-46-44-42-19-17-15-13-11-9-7-2/h18,20,22-23,44,46,52,54,59-60,64H,6-17,19,21,24-43,45,47-51,53,55-58H2,1-5H3,(H-,62,65,66,67)/b20-18-,23-22-,46-44+,54-52+. The summed E-state index contributed by atoms with van der Waals surface area (Å²) in [5.41, 5.74) is 0. The van der Waals surface area contributed by atoms with Crippen LogP contribution >= 0.6 is 7.82 Å². The van der Waals surface area contributed by atoms with Gasteiger partial charge in [-0.2, -0.15) is 0 Å². The Morgan fingerprint density at radius 2 is 0.843 bits per heavy atom. The lowest BCUT2D eigenvalue weighted by atomic mass is 10.0. The van der Waals surface area contributed by atoms with Crippen LogP contribution in [0, 0.1) is 0 Å². The predicted molar refractivity (Wildman–Crippen MR) is 302 cm³/mol. The molecule has 2 N–H and O–H groups in total. The van der Waals surface area contributed by atoms with Crippen LogP contribution in [0.1, 0.15) is 284 Å². The second kappa shape index (κ2) is 52.3. The zero-order valence-corrected chi connectivity index (χ0v) is 47.9. The number of allylic oxidation sites excluding steroid dienone is 7. The maximum atomic E-state index is 12.9. The number of amides is 1. The van der Waals surface area contributed by atoms with Gasteiger partial charge in [-0.3, -0.25) is 9.36 Å². The van der Waals surface area contributed by atoms with Crippen molar-refractivity contribution in [2.24, 2.45) is 0 Å². The minimum Gasteiger partial charge on any atom is -0.756 e. The third kappa shape index (κ3) is 54.2. The van der Waals surface area contributed by atoms with Gasteiger partial charge in [-0.1, -0.05) is 262 Å². The molecule has 0 bridgehead atoms. The lowest BCUT2D eigenvalue weighted by Gasteiger charge is -2.29. The normalized spacial score (nSPS) is 14.2. The molecule has 0 fully saturated rings. The van der Waals surface area contributed by atoms with E-state index < -0.39 is 26.6 Å². The fraction of sp³-hybridized carbons (Fsp3) is 0.852. The molecule has 9 heteroatoms. The number of hydrogen-bond acceptors (Lipinski definition) is 6. The van der Waals surface area contributed by atoms with Gasteiger partial charge in [0.1, 0.15) is 13.2 Å². The van der Waals surface area contributed by atoms with Gasteiger partial charge >= 0.3 is 0 Å². The van der Waals surface area contributed by atoms with Gasteiger partial charge in [0.15, 0.2) is 0 Å². The van der Waals surface area contributed by atoms with Crippen LogP contribution in [0.5, 0.6) is 0 Å². The van der Waals surface area contributed by atoms with Crippen molar-refractivity contribution in [3.8, 4) is 0 Å². The third-order valence-corrected chi connectivity index (χ3v) is 14.5. The fourth-order valence-electron chi connectivity index (χ4n) is 8.79. The molecule has 0 aromatic rings. The SMILES string of the molecule is CCCCCCC/C=C\C/C=C\CCCCCCCCCCCCCCCCCCCCCCCCCC(=O)NC(COP(=O)([O-])OCC[N+](C)(C)C)C(O)/C=C/CC/C=C/CCCCCCCCC. The second-order valence-corrected chi connectivity index (χ2v) is 23.1. The number of aliphatic hydroxyl groups is 1. The summed E-state index contributed by atoms with van der Waals surface area (Å²) in [5, 5.41) is 13.8. The maximum Gasteiger partial charge on any atom is 0.268 e. The molecule has 0 spiro atoms. The monoisotopic (exact) mass is 1000 g/mol. The van der Waals surface area contributed by atoms with Crippen LogP contribution in [0.4, 0.5) is 0 Å². The Bertz CT molecular complexity index is 1280. The molecular formula is C61H117N2O6P. The fourth-order valence-corrected chi connectivity index (χ4v) is 9.51. The van der Waals surface area contributed by atoms with Crippen molar-refractivity contribution in [2.45, 2.75) is 296 Å². The molecule has 0 aromatic heterocycles. The van der Waals surface area contributed by atoms with Crippen molar-refractivity contribution in [2.75, 3.05) is 40.9 Å². The van der Waals surface area contributed by atoms with Crippen molar-refractivity contribution < 1.29 is 32.9 Å². The number of phosphoric ester groups is 1. The minimum absolute atomic E-state index is 0.00553. The highest BCUT2D eigenvalue weighted by molar-refractivity contribution is 7.45. The molecule has 0 heterocycles. The number of unbranched alkanes of at least 4 members (excludes halogenated alkanes) is 36. The number of quaternary nitrogens is 1. The summed E-state index contributed by atoms with van der Waals surface area (Å²) in [6.45, 7) is 4.62. The number of phosphoric acid groups is 1. The van der Waals surface area contributed by atoms with Gasteiger partial charge in [0.25, 0.3) is 7.82 Å². The van der Waals surface area contributed by atoms with Gasteiger partial charge in [-0.15, -0.1) is 0 Å². The van der Waals surface area contributed by atoms with E-state index in [1.54, 1.807) is 6.08 Å². The van der Waals surface area contributed by atoms with Crippen LogP contribution in [0.3, 0.4) is 0 Å². The molecular weight excluding hydrogens is 888 g/mol. The van der Waals surface area contributed by atoms with Gasteiger partial charge in [0.2, 0.25) is 5.91 Å². The molecule has 0 saturated heterocycles. The molecule has 3 unspecified atom stereocenters. The first-order chi connectivity index (χ1) is 34.0. The second-order valence-electron chi connectivity index (χ2n) is 21.7. The predicted octanol–water partition coefficient (Wildman–Crippen LogP) is 17.7. The average Bonchev–Trinajstić information content (AvgIpc) is 3.32. The lowest BCUT2D eigenvalue weighted by molar-refractivity contribution is -0.870. The van der Waals surface area contributed by atoms with E-state index in [4.69, 9.17) is 9.05 Å². The summed E-state index contributed by atoms with van der Waals surface area (Å²) < 4.78 is 23.3. The van der Waals surface area contributed by atoms with Gasteiger partial charge in [-0.05, 0) is 64.2 Å². The topological polar surface area (TPSA) is 108 Å². The number of aliphatic hydroxyl groups excluding tert-OH is 1. The van der Waals surface area contributed by atoms with E-state index in [2.05, 4.69) is 55.6 Å². The Labute approximate surface area is 435 Å². The van der Waals surface area contributed by atoms with E-state index in [-0.39, 0.29) is 12.5 Å². The van der Waals surface area contributed by atoms with Crippen LogP contribution in [0.25, 0.3) is 0 Å². The van der Waals surface area contributed by atoms with Crippen LogP contribution in [-0.2, 0) is 18.4 Å². The van der Waals surface area contributed by atoms with Gasteiger partial charge in [-0.25, -0.2) is 0 Å².